The second-order valence-electron chi connectivity index (χ2n) is 9.58. The van der Waals surface area contributed by atoms with Crippen LogP contribution in [0.4, 0.5) is 0 Å². The maximum Gasteiger partial charge on any atom is 0.136 e. The molecule has 0 aliphatic carbocycles. The summed E-state index contributed by atoms with van der Waals surface area (Å²) in [6, 6.07) is 16.5. The van der Waals surface area contributed by atoms with E-state index in [1.807, 2.05) is 37.3 Å². The number of aliphatic hydroxyl groups is 2. The van der Waals surface area contributed by atoms with E-state index in [0.29, 0.717) is 24.0 Å². The lowest BCUT2D eigenvalue weighted by atomic mass is 9.69. The zero-order chi connectivity index (χ0) is 25.1. The normalized spacial score (nSPS) is 13.1. The molecule has 0 saturated carbocycles. The first kappa shape index (κ1) is 27.7. The first-order valence-electron chi connectivity index (χ1n) is 12.3. The minimum Gasteiger partial charge on any atom is -0.392 e. The van der Waals surface area contributed by atoms with Crippen molar-refractivity contribution in [3.8, 4) is 6.07 Å². The summed E-state index contributed by atoms with van der Waals surface area (Å²) in [7, 11) is 2.10. The third kappa shape index (κ3) is 7.24. The molecule has 0 spiro atoms. The third-order valence-corrected chi connectivity index (χ3v) is 6.93. The Morgan fingerprint density at radius 3 is 2.38 bits per heavy atom. The number of hydrogen-bond acceptors (Lipinski definition) is 5. The fraction of sp³-hybridized carbons (Fsp3) is 0.517. The Labute approximate surface area is 205 Å². The number of Topliss-reactive ketones (excluding diaryl/α,β-unsaturated/α-hetero) is 1. The van der Waals surface area contributed by atoms with Crippen molar-refractivity contribution in [2.75, 3.05) is 20.1 Å². The van der Waals surface area contributed by atoms with Gasteiger partial charge in [-0.1, -0.05) is 63.2 Å². The Balaban J connectivity index is 1.99. The summed E-state index contributed by atoms with van der Waals surface area (Å²) in [6.45, 7) is 7.55. The molecule has 0 bridgehead atoms. The summed E-state index contributed by atoms with van der Waals surface area (Å²) in [5, 5.41) is 29.4. The van der Waals surface area contributed by atoms with Crippen LogP contribution in [-0.4, -0.2) is 41.0 Å². The smallest absolute Gasteiger partial charge is 0.136 e. The predicted octanol–water partition coefficient (Wildman–Crippen LogP) is 4.56. The van der Waals surface area contributed by atoms with Crippen LogP contribution in [-0.2, 0) is 36.3 Å². The van der Waals surface area contributed by atoms with E-state index in [-0.39, 0.29) is 24.9 Å². The van der Waals surface area contributed by atoms with Gasteiger partial charge in [-0.2, -0.15) is 5.26 Å². The minimum atomic E-state index is -0.640. The van der Waals surface area contributed by atoms with Crippen LogP contribution in [0.15, 0.2) is 42.5 Å². The number of carbonyl (C=O) groups excluding carboxylic acids is 1. The summed E-state index contributed by atoms with van der Waals surface area (Å²) in [6.07, 6.45) is 3.59. The van der Waals surface area contributed by atoms with Crippen molar-refractivity contribution < 1.29 is 15.0 Å². The summed E-state index contributed by atoms with van der Waals surface area (Å²) < 4.78 is 0. The van der Waals surface area contributed by atoms with Crippen molar-refractivity contribution >= 4 is 5.78 Å². The van der Waals surface area contributed by atoms with E-state index >= 15 is 0 Å². The Bertz CT molecular complexity index is 980. The molecule has 2 aromatic carbocycles. The van der Waals surface area contributed by atoms with Gasteiger partial charge >= 0.3 is 0 Å². The average molecular weight is 465 g/mol. The maximum atomic E-state index is 11.7. The van der Waals surface area contributed by atoms with Crippen molar-refractivity contribution in [1.29, 1.82) is 5.26 Å². The zero-order valence-corrected chi connectivity index (χ0v) is 21.2. The van der Waals surface area contributed by atoms with E-state index in [1.54, 1.807) is 0 Å². The molecule has 0 aromatic heterocycles. The van der Waals surface area contributed by atoms with Gasteiger partial charge in [-0.3, -0.25) is 4.79 Å². The molecular weight excluding hydrogens is 424 g/mol. The van der Waals surface area contributed by atoms with E-state index in [4.69, 9.17) is 0 Å². The molecule has 0 saturated heterocycles. The van der Waals surface area contributed by atoms with Crippen molar-refractivity contribution in [2.45, 2.75) is 71.5 Å². The lowest BCUT2D eigenvalue weighted by molar-refractivity contribution is -0.118. The number of carbonyl (C=O) groups is 1. The third-order valence-electron chi connectivity index (χ3n) is 6.93. The van der Waals surface area contributed by atoms with E-state index in [2.05, 4.69) is 44.0 Å². The van der Waals surface area contributed by atoms with Crippen LogP contribution in [0.3, 0.4) is 0 Å². The fourth-order valence-electron chi connectivity index (χ4n) is 4.53. The highest BCUT2D eigenvalue weighted by molar-refractivity contribution is 5.80. The van der Waals surface area contributed by atoms with Gasteiger partial charge in [0.05, 0.1) is 24.7 Å². The Kier molecular flexibility index (Phi) is 10.9. The van der Waals surface area contributed by atoms with Crippen molar-refractivity contribution in [3.05, 3.63) is 70.3 Å². The van der Waals surface area contributed by atoms with E-state index in [1.165, 1.54) is 5.56 Å². The number of ketones is 1. The van der Waals surface area contributed by atoms with Gasteiger partial charge in [0, 0.05) is 19.4 Å². The number of likely N-dealkylation sites (N-methyl/N-ethyl adjacent to an activating group) is 1. The molecule has 2 rings (SSSR count). The van der Waals surface area contributed by atoms with Crippen molar-refractivity contribution in [2.24, 2.45) is 5.92 Å². The quantitative estimate of drug-likeness (QED) is 0.428. The SMILES string of the molecule is CCC(=O)Cc1cccc(CCN(C)CCCC(C#N)(c2ccc(CO)c(CO)c2)C(C)C)c1. The van der Waals surface area contributed by atoms with Crippen LogP contribution >= 0.6 is 0 Å². The number of rotatable bonds is 14. The molecule has 0 amide bonds. The molecule has 2 aromatic rings. The van der Waals surface area contributed by atoms with Gasteiger partial charge in [0.25, 0.3) is 0 Å². The van der Waals surface area contributed by atoms with E-state index in [9.17, 15) is 20.3 Å². The Morgan fingerprint density at radius 1 is 1.06 bits per heavy atom. The van der Waals surface area contributed by atoms with E-state index in [0.717, 1.165) is 43.5 Å². The summed E-state index contributed by atoms with van der Waals surface area (Å²) in [4.78, 5) is 14.0. The average Bonchev–Trinajstić information content (AvgIpc) is 2.85. The highest BCUT2D eigenvalue weighted by Gasteiger charge is 2.36. The molecule has 0 fully saturated rings. The molecule has 0 aliphatic heterocycles. The van der Waals surface area contributed by atoms with Crippen LogP contribution in [0.5, 0.6) is 0 Å². The fourth-order valence-corrected chi connectivity index (χ4v) is 4.53. The van der Waals surface area contributed by atoms with E-state index < -0.39 is 5.41 Å². The summed E-state index contributed by atoms with van der Waals surface area (Å²) in [5.41, 5.74) is 3.97. The van der Waals surface area contributed by atoms with Crippen molar-refractivity contribution in [1.82, 2.24) is 4.90 Å². The lowest BCUT2D eigenvalue weighted by Crippen LogP contribution is -2.33. The van der Waals surface area contributed by atoms with Gasteiger partial charge in [0.2, 0.25) is 0 Å². The minimum absolute atomic E-state index is 0.114. The number of hydrogen-bond donors (Lipinski definition) is 2. The topological polar surface area (TPSA) is 84.6 Å². The molecule has 1 atom stereocenters. The highest BCUT2D eigenvalue weighted by atomic mass is 16.3. The van der Waals surface area contributed by atoms with Crippen molar-refractivity contribution in [3.63, 3.8) is 0 Å². The second kappa shape index (κ2) is 13.4. The predicted molar refractivity (Wildman–Crippen MR) is 136 cm³/mol. The summed E-state index contributed by atoms with van der Waals surface area (Å²) >= 11 is 0. The van der Waals surface area contributed by atoms with Crippen LogP contribution in [0.25, 0.3) is 0 Å². The first-order valence-corrected chi connectivity index (χ1v) is 12.3. The van der Waals surface area contributed by atoms with Gasteiger partial charge in [-0.15, -0.1) is 0 Å². The van der Waals surface area contributed by atoms with Gasteiger partial charge in [0.1, 0.15) is 5.78 Å². The van der Waals surface area contributed by atoms with Gasteiger partial charge in [-0.25, -0.2) is 0 Å². The van der Waals surface area contributed by atoms with Crippen LogP contribution in [0.1, 0.15) is 67.9 Å². The molecule has 184 valence electrons. The second-order valence-corrected chi connectivity index (χ2v) is 9.58. The first-order chi connectivity index (χ1) is 16.3. The summed E-state index contributed by atoms with van der Waals surface area (Å²) in [5.74, 6) is 0.375. The Morgan fingerprint density at radius 2 is 1.76 bits per heavy atom. The number of nitriles is 1. The van der Waals surface area contributed by atoms with Gasteiger partial charge in [-0.05, 0) is 66.6 Å². The zero-order valence-electron chi connectivity index (χ0n) is 21.2. The van der Waals surface area contributed by atoms with Gasteiger partial charge < -0.3 is 15.1 Å². The molecule has 5 nitrogen and oxygen atoms in total. The molecule has 1 unspecified atom stereocenters. The van der Waals surface area contributed by atoms with Crippen LogP contribution in [0, 0.1) is 17.2 Å². The monoisotopic (exact) mass is 464 g/mol. The van der Waals surface area contributed by atoms with Crippen LogP contribution < -0.4 is 0 Å². The largest absolute Gasteiger partial charge is 0.392 e. The molecular formula is C29H40N2O3. The molecule has 5 heteroatoms. The number of nitrogens with zero attached hydrogens (tertiary/aromatic N) is 2. The number of aliphatic hydroxyl groups excluding tert-OH is 2. The standard InChI is InChI=1S/C29H40N2O3/c1-5-28(34)17-24-9-6-8-23(16-24)12-15-31(4)14-7-13-29(21-30,22(2)3)27-11-10-25(19-32)26(18-27)20-33/h6,8-11,16,18,22,32-33H,5,7,12-15,17,19-20H2,1-4H3. The molecule has 2 N–H and O–H groups in total. The van der Waals surface area contributed by atoms with Crippen LogP contribution in [0.2, 0.25) is 0 Å². The number of benzene rings is 2. The molecule has 0 radical (unpaired) electrons. The Hall–Kier alpha value is -2.52. The maximum absolute atomic E-state index is 11.7. The molecule has 0 heterocycles. The highest BCUT2D eigenvalue weighted by Crippen LogP contribution is 2.37. The van der Waals surface area contributed by atoms with Gasteiger partial charge in [0.15, 0.2) is 0 Å². The molecule has 0 aliphatic rings. The lowest BCUT2D eigenvalue weighted by Gasteiger charge is -2.32. The molecule has 34 heavy (non-hydrogen) atoms.